The van der Waals surface area contributed by atoms with Gasteiger partial charge in [-0.15, -0.1) is 0 Å². The van der Waals surface area contributed by atoms with Crippen molar-refractivity contribution in [3.63, 3.8) is 0 Å². The highest BCUT2D eigenvalue weighted by atomic mass is 35.5. The Morgan fingerprint density at radius 1 is 1.14 bits per heavy atom. The summed E-state index contributed by atoms with van der Waals surface area (Å²) in [6, 6.07) is 5.80. The van der Waals surface area contributed by atoms with Gasteiger partial charge in [0.2, 0.25) is 5.60 Å². The smallest absolute Gasteiger partial charge is 0.372 e. The van der Waals surface area contributed by atoms with Gasteiger partial charge in [0.15, 0.2) is 0 Å². The van der Waals surface area contributed by atoms with E-state index in [1.807, 2.05) is 12.1 Å². The molecule has 2 aliphatic rings. The summed E-state index contributed by atoms with van der Waals surface area (Å²) in [7, 11) is 3.38. The van der Waals surface area contributed by atoms with Crippen LogP contribution in [-0.4, -0.2) is 89.7 Å². The molecule has 0 radical (unpaired) electrons. The molecule has 2 heterocycles. The van der Waals surface area contributed by atoms with Crippen LogP contribution in [0.4, 0.5) is 13.2 Å². The van der Waals surface area contributed by atoms with Crippen LogP contribution in [0, 0.1) is 11.8 Å². The second kappa shape index (κ2) is 11.3. The Kier molecular flexibility index (Phi) is 8.99. The Bertz CT molecular complexity index is 948. The van der Waals surface area contributed by atoms with Gasteiger partial charge in [-0.2, -0.15) is 13.2 Å². The molecule has 2 atom stereocenters. The van der Waals surface area contributed by atoms with E-state index in [9.17, 15) is 27.9 Å². The predicted molar refractivity (Wildman–Crippen MR) is 133 cm³/mol. The van der Waals surface area contributed by atoms with Gasteiger partial charge in [0.25, 0.3) is 11.8 Å². The Labute approximate surface area is 216 Å². The summed E-state index contributed by atoms with van der Waals surface area (Å²) in [6.45, 7) is 4.71. The predicted octanol–water partition coefficient (Wildman–Crippen LogP) is 4.24. The molecule has 2 aliphatic heterocycles. The third-order valence-corrected chi connectivity index (χ3v) is 8.00. The number of nitrogens with zero attached hydrogens (tertiary/aromatic N) is 3. The van der Waals surface area contributed by atoms with E-state index < -0.39 is 23.6 Å². The molecule has 0 bridgehead atoms. The van der Waals surface area contributed by atoms with E-state index >= 15 is 0 Å². The van der Waals surface area contributed by atoms with Crippen molar-refractivity contribution in [3.05, 3.63) is 34.3 Å². The quantitative estimate of drug-likeness (QED) is 0.572. The second-order valence-electron chi connectivity index (χ2n) is 10.6. The molecule has 2 amide bonds. The molecule has 0 aromatic heterocycles. The molecule has 1 N–H and O–H groups in total. The number of piperidine rings is 1. The standard InChI is InChI=1S/C26H37ClF3N3O3/c1-17(2)25(36,26(28,29)30)24(35)32-13-10-20(11-14-32)33-12-9-19(16-33)6-5-18-7-8-21(22(27)15-18)23(34)31(3)4/h7-8,15,17,19-20,36H,5-6,9-14,16H2,1-4H3/t19-,25?/m1/s1. The van der Waals surface area contributed by atoms with E-state index in [4.69, 9.17) is 11.6 Å². The number of hydrogen-bond acceptors (Lipinski definition) is 4. The number of alkyl halides is 3. The van der Waals surface area contributed by atoms with Crippen LogP contribution in [0.25, 0.3) is 0 Å². The van der Waals surface area contributed by atoms with Crippen LogP contribution < -0.4 is 0 Å². The van der Waals surface area contributed by atoms with Crippen LogP contribution in [0.5, 0.6) is 0 Å². The molecule has 36 heavy (non-hydrogen) atoms. The van der Waals surface area contributed by atoms with Crippen LogP contribution in [0.2, 0.25) is 5.02 Å². The van der Waals surface area contributed by atoms with Crippen molar-refractivity contribution in [2.24, 2.45) is 11.8 Å². The number of halogens is 4. The molecule has 1 aromatic rings. The number of amides is 2. The topological polar surface area (TPSA) is 64.1 Å². The van der Waals surface area contributed by atoms with Crippen LogP contribution in [0.15, 0.2) is 18.2 Å². The lowest BCUT2D eigenvalue weighted by molar-refractivity contribution is -0.269. The molecule has 202 valence electrons. The number of aliphatic hydroxyl groups is 1. The van der Waals surface area contributed by atoms with E-state index in [0.717, 1.165) is 37.9 Å². The second-order valence-corrected chi connectivity index (χ2v) is 11.1. The largest absolute Gasteiger partial charge is 0.426 e. The summed E-state index contributed by atoms with van der Waals surface area (Å²) in [6.07, 6.45) is -0.928. The monoisotopic (exact) mass is 531 g/mol. The molecule has 10 heteroatoms. The number of benzene rings is 1. The van der Waals surface area contributed by atoms with Crippen molar-refractivity contribution in [2.45, 2.75) is 63.8 Å². The first-order valence-corrected chi connectivity index (χ1v) is 13.0. The Balaban J connectivity index is 1.49. The molecule has 2 fully saturated rings. The summed E-state index contributed by atoms with van der Waals surface area (Å²) in [5.74, 6) is -2.12. The summed E-state index contributed by atoms with van der Waals surface area (Å²) in [4.78, 5) is 29.9. The molecule has 2 saturated heterocycles. The zero-order valence-corrected chi connectivity index (χ0v) is 22.2. The van der Waals surface area contributed by atoms with Gasteiger partial charge in [0, 0.05) is 45.7 Å². The minimum Gasteiger partial charge on any atom is -0.372 e. The van der Waals surface area contributed by atoms with E-state index in [-0.39, 0.29) is 25.0 Å². The van der Waals surface area contributed by atoms with Crippen molar-refractivity contribution < 1.29 is 27.9 Å². The van der Waals surface area contributed by atoms with E-state index in [1.165, 1.54) is 23.6 Å². The molecule has 1 unspecified atom stereocenters. The van der Waals surface area contributed by atoms with Crippen molar-refractivity contribution in [1.29, 1.82) is 0 Å². The number of rotatable bonds is 7. The molecule has 0 spiro atoms. The lowest BCUT2D eigenvalue weighted by Crippen LogP contribution is -2.62. The van der Waals surface area contributed by atoms with E-state index in [0.29, 0.717) is 29.3 Å². The zero-order chi connectivity index (χ0) is 26.8. The number of carbonyl (C=O) groups excluding carboxylic acids is 2. The minimum absolute atomic E-state index is 0.127. The average Bonchev–Trinajstić information content (AvgIpc) is 3.29. The highest BCUT2D eigenvalue weighted by molar-refractivity contribution is 6.33. The van der Waals surface area contributed by atoms with Gasteiger partial charge in [0.05, 0.1) is 10.6 Å². The summed E-state index contributed by atoms with van der Waals surface area (Å²) in [5, 5.41) is 10.7. The number of aryl methyl sites for hydroxylation is 1. The fourth-order valence-corrected chi connectivity index (χ4v) is 5.58. The molecular formula is C26H37ClF3N3O3. The molecule has 0 aliphatic carbocycles. The highest BCUT2D eigenvalue weighted by Gasteiger charge is 2.62. The van der Waals surface area contributed by atoms with Crippen LogP contribution in [0.3, 0.4) is 0 Å². The summed E-state index contributed by atoms with van der Waals surface area (Å²) >= 11 is 6.33. The van der Waals surface area contributed by atoms with E-state index in [2.05, 4.69) is 4.90 Å². The molecular weight excluding hydrogens is 495 g/mol. The first-order valence-electron chi connectivity index (χ1n) is 12.6. The minimum atomic E-state index is -5.01. The maximum absolute atomic E-state index is 13.5. The number of carbonyl (C=O) groups is 2. The highest BCUT2D eigenvalue weighted by Crippen LogP contribution is 2.38. The fraction of sp³-hybridized carbons (Fsp3) is 0.692. The molecule has 6 nitrogen and oxygen atoms in total. The molecule has 0 saturated carbocycles. The first kappa shape index (κ1) is 28.7. The third kappa shape index (κ3) is 6.00. The van der Waals surface area contributed by atoms with Crippen molar-refractivity contribution in [2.75, 3.05) is 40.3 Å². The SMILES string of the molecule is CC(C)C(O)(C(=O)N1CCC(N2CC[C@@H](CCc3ccc(C(=O)N(C)C)c(Cl)c3)C2)CC1)C(F)(F)F. The number of likely N-dealkylation sites (tertiary alicyclic amines) is 2. The first-order chi connectivity index (χ1) is 16.8. The summed E-state index contributed by atoms with van der Waals surface area (Å²) < 4.78 is 40.5. The van der Waals surface area contributed by atoms with Gasteiger partial charge < -0.3 is 14.9 Å². The van der Waals surface area contributed by atoms with Gasteiger partial charge >= 0.3 is 6.18 Å². The van der Waals surface area contributed by atoms with Gasteiger partial charge in [0.1, 0.15) is 0 Å². The lowest BCUT2D eigenvalue weighted by Gasteiger charge is -2.41. The van der Waals surface area contributed by atoms with Crippen LogP contribution in [-0.2, 0) is 11.2 Å². The maximum Gasteiger partial charge on any atom is 0.426 e. The Morgan fingerprint density at radius 3 is 2.31 bits per heavy atom. The Hall–Kier alpha value is -1.84. The normalized spacial score (nSPS) is 21.6. The van der Waals surface area contributed by atoms with Gasteiger partial charge in [-0.25, -0.2) is 0 Å². The van der Waals surface area contributed by atoms with Gasteiger partial charge in [-0.1, -0.05) is 31.5 Å². The number of hydrogen-bond donors (Lipinski definition) is 1. The van der Waals surface area contributed by atoms with E-state index in [1.54, 1.807) is 20.2 Å². The van der Waals surface area contributed by atoms with Gasteiger partial charge in [-0.05, 0) is 62.3 Å². The third-order valence-electron chi connectivity index (χ3n) is 7.69. The summed E-state index contributed by atoms with van der Waals surface area (Å²) in [5.41, 5.74) is -1.77. The van der Waals surface area contributed by atoms with Crippen molar-refractivity contribution in [3.8, 4) is 0 Å². The molecule has 1 aromatic carbocycles. The maximum atomic E-state index is 13.5. The van der Waals surface area contributed by atoms with Crippen molar-refractivity contribution in [1.82, 2.24) is 14.7 Å². The Morgan fingerprint density at radius 2 is 1.78 bits per heavy atom. The van der Waals surface area contributed by atoms with Crippen LogP contribution >= 0.6 is 11.6 Å². The average molecular weight is 532 g/mol. The van der Waals surface area contributed by atoms with Gasteiger partial charge in [-0.3, -0.25) is 14.5 Å². The van der Waals surface area contributed by atoms with Crippen molar-refractivity contribution >= 4 is 23.4 Å². The van der Waals surface area contributed by atoms with Crippen LogP contribution in [0.1, 0.15) is 55.5 Å². The zero-order valence-electron chi connectivity index (χ0n) is 21.4. The fourth-order valence-electron chi connectivity index (χ4n) is 5.30. The lowest BCUT2D eigenvalue weighted by atomic mass is 9.87. The molecule has 3 rings (SSSR count).